The summed E-state index contributed by atoms with van der Waals surface area (Å²) in [6, 6.07) is 0. The van der Waals surface area contributed by atoms with Crippen LogP contribution in [0.2, 0.25) is 0 Å². The molecule has 2 rings (SSSR count). The Labute approximate surface area is 217 Å². The minimum atomic E-state index is -1.37. The normalized spacial score (nSPS) is 24.5. The lowest BCUT2D eigenvalue weighted by Gasteiger charge is -2.56. The van der Waals surface area contributed by atoms with E-state index in [-0.39, 0.29) is 39.3 Å². The van der Waals surface area contributed by atoms with Crippen molar-refractivity contribution in [1.82, 2.24) is 9.80 Å². The fourth-order valence-corrected chi connectivity index (χ4v) is 6.26. The quantitative estimate of drug-likeness (QED) is 0.317. The maximum atomic E-state index is 12.4. The van der Waals surface area contributed by atoms with Gasteiger partial charge >= 0.3 is 5.97 Å². The van der Waals surface area contributed by atoms with E-state index in [1.165, 1.54) is 6.92 Å². The molecule has 0 aliphatic carbocycles. The van der Waals surface area contributed by atoms with Crippen LogP contribution >= 0.6 is 0 Å². The van der Waals surface area contributed by atoms with Gasteiger partial charge in [-0.2, -0.15) is 0 Å². The number of esters is 1. The van der Waals surface area contributed by atoms with Crippen molar-refractivity contribution in [1.29, 1.82) is 0 Å². The Bertz CT molecular complexity index is 802. The van der Waals surface area contributed by atoms with Crippen molar-refractivity contribution in [2.24, 2.45) is 11.8 Å². The van der Waals surface area contributed by atoms with E-state index in [2.05, 4.69) is 76.5 Å². The van der Waals surface area contributed by atoms with Crippen LogP contribution in [0.25, 0.3) is 0 Å². The number of nitrogens with zero attached hydrogens (tertiary/aromatic N) is 2. The molecule has 0 aromatic rings. The molecule has 0 unspecified atom stereocenters. The molecular weight excluding hydrogens is 460 g/mol. The first kappa shape index (κ1) is 31.8. The SMILES string of the molecule is C=COC(C)=O.CN1C(C)(C)CC(/C(C(=O)[O-])=C(\C(=O)[O-])C2CC(C)(C)N(C)C(C)(C)C2)CC1(C)C. The Hall–Kier alpha value is -2.19. The Morgan fingerprint density at radius 2 is 0.972 bits per heavy atom. The minimum Gasteiger partial charge on any atom is -0.545 e. The lowest BCUT2D eigenvalue weighted by atomic mass is 9.66. The number of rotatable bonds is 5. The summed E-state index contributed by atoms with van der Waals surface area (Å²) in [4.78, 5) is 39.0. The van der Waals surface area contributed by atoms with Crippen LogP contribution in [-0.2, 0) is 19.1 Å². The first-order chi connectivity index (χ1) is 16.1. The Morgan fingerprint density at radius 1 is 0.722 bits per heavy atom. The molecule has 36 heavy (non-hydrogen) atoms. The number of ether oxygens (including phenoxy) is 1. The van der Waals surface area contributed by atoms with Crippen molar-refractivity contribution in [3.05, 3.63) is 24.0 Å². The molecule has 0 atom stereocenters. The van der Waals surface area contributed by atoms with Crippen LogP contribution in [0, 0.1) is 11.8 Å². The summed E-state index contributed by atoms with van der Waals surface area (Å²) in [6.45, 7) is 21.1. The van der Waals surface area contributed by atoms with E-state index in [0.29, 0.717) is 25.7 Å². The standard InChI is InChI=1S/C24H42N2O4.C4H6O2/c1-21(2)11-15(12-22(3,4)25(21)9)17(19(27)28)18(20(29)30)16-13-23(5,6)26(10)24(7,8)14-16;1-3-6-4(2)5/h15-16H,11-14H2,1-10H3,(H,27,28)(H,29,30);3H,1H2,2H3/p-2/b18-17+;. The number of hydrogen-bond acceptors (Lipinski definition) is 8. The zero-order valence-corrected chi connectivity index (χ0v) is 24.1. The molecule has 0 saturated carbocycles. The molecule has 0 bridgehead atoms. The van der Waals surface area contributed by atoms with E-state index < -0.39 is 23.8 Å². The predicted molar refractivity (Wildman–Crippen MR) is 136 cm³/mol. The second-order valence-electron chi connectivity index (χ2n) is 12.8. The van der Waals surface area contributed by atoms with Crippen LogP contribution in [0.1, 0.15) is 88.0 Å². The third-order valence-electron chi connectivity index (χ3n) is 8.41. The van der Waals surface area contributed by atoms with Gasteiger partial charge in [0.05, 0.1) is 18.2 Å². The second-order valence-corrected chi connectivity index (χ2v) is 12.8. The molecule has 0 spiro atoms. The number of hydrogen-bond donors (Lipinski definition) is 0. The topological polar surface area (TPSA) is 113 Å². The summed E-state index contributed by atoms with van der Waals surface area (Å²) < 4.78 is 4.17. The summed E-state index contributed by atoms with van der Waals surface area (Å²) >= 11 is 0. The van der Waals surface area contributed by atoms with Crippen LogP contribution in [0.5, 0.6) is 0 Å². The molecule has 0 N–H and O–H groups in total. The Balaban J connectivity index is 0.000000960. The van der Waals surface area contributed by atoms with Crippen molar-refractivity contribution in [2.45, 2.75) is 110 Å². The van der Waals surface area contributed by atoms with E-state index in [1.54, 1.807) is 0 Å². The maximum Gasteiger partial charge on any atom is 0.307 e. The average molecular weight is 507 g/mol. The first-order valence-electron chi connectivity index (χ1n) is 12.5. The van der Waals surface area contributed by atoms with Gasteiger partial charge in [-0.3, -0.25) is 14.6 Å². The summed E-state index contributed by atoms with van der Waals surface area (Å²) in [5.74, 6) is -3.86. The van der Waals surface area contributed by atoms with Gasteiger partial charge in [0.15, 0.2) is 0 Å². The number of carbonyl (C=O) groups is 3. The van der Waals surface area contributed by atoms with E-state index in [9.17, 15) is 24.6 Å². The number of carbonyl (C=O) groups excluding carboxylic acids is 3. The molecule has 206 valence electrons. The van der Waals surface area contributed by atoms with E-state index >= 15 is 0 Å². The molecular formula is C28H46N2O6-2. The van der Waals surface area contributed by atoms with Crippen LogP contribution in [0.4, 0.5) is 0 Å². The molecule has 0 aromatic heterocycles. The van der Waals surface area contributed by atoms with Crippen LogP contribution in [0.3, 0.4) is 0 Å². The number of carboxylic acids is 2. The predicted octanol–water partition coefficient (Wildman–Crippen LogP) is 2.27. The second kappa shape index (κ2) is 11.1. The van der Waals surface area contributed by atoms with Gasteiger partial charge in [-0.1, -0.05) is 6.58 Å². The van der Waals surface area contributed by atoms with Crippen molar-refractivity contribution >= 4 is 17.9 Å². The van der Waals surface area contributed by atoms with Crippen molar-refractivity contribution in [2.75, 3.05) is 14.1 Å². The van der Waals surface area contributed by atoms with Gasteiger partial charge in [-0.25, -0.2) is 0 Å². The van der Waals surface area contributed by atoms with Crippen molar-refractivity contribution < 1.29 is 29.3 Å². The summed E-state index contributed by atoms with van der Waals surface area (Å²) in [7, 11) is 4.08. The zero-order valence-electron chi connectivity index (χ0n) is 24.1. The van der Waals surface area contributed by atoms with Crippen LogP contribution < -0.4 is 10.2 Å². The smallest absolute Gasteiger partial charge is 0.307 e. The highest BCUT2D eigenvalue weighted by molar-refractivity contribution is 5.98. The molecule has 0 aromatic carbocycles. The van der Waals surface area contributed by atoms with Crippen LogP contribution in [0.15, 0.2) is 24.0 Å². The molecule has 0 amide bonds. The maximum absolute atomic E-state index is 12.4. The van der Waals surface area contributed by atoms with Gasteiger partial charge in [-0.15, -0.1) is 0 Å². The molecule has 0 radical (unpaired) electrons. The summed E-state index contributed by atoms with van der Waals surface area (Å²) in [5.41, 5.74) is -1.17. The third kappa shape index (κ3) is 7.19. The van der Waals surface area contributed by atoms with Gasteiger partial charge in [0.1, 0.15) is 0 Å². The highest BCUT2D eigenvalue weighted by Crippen LogP contribution is 2.47. The van der Waals surface area contributed by atoms with Gasteiger partial charge in [0.25, 0.3) is 0 Å². The fourth-order valence-electron chi connectivity index (χ4n) is 6.26. The van der Waals surface area contributed by atoms with Crippen molar-refractivity contribution in [3.63, 3.8) is 0 Å². The van der Waals surface area contributed by atoms with Crippen molar-refractivity contribution in [3.8, 4) is 0 Å². The Morgan fingerprint density at radius 3 is 1.11 bits per heavy atom. The molecule has 8 nitrogen and oxygen atoms in total. The summed E-state index contributed by atoms with van der Waals surface area (Å²) in [6.07, 6.45) is 3.35. The highest BCUT2D eigenvalue weighted by Gasteiger charge is 2.47. The van der Waals surface area contributed by atoms with Gasteiger partial charge < -0.3 is 24.5 Å². The molecule has 2 heterocycles. The lowest BCUT2D eigenvalue weighted by molar-refractivity contribution is -0.305. The van der Waals surface area contributed by atoms with E-state index in [1.807, 2.05) is 14.1 Å². The van der Waals surface area contributed by atoms with Crippen LogP contribution in [-0.4, -0.2) is 64.0 Å². The number of aliphatic carboxylic acids is 2. The molecule has 8 heteroatoms. The van der Waals surface area contributed by atoms with E-state index in [4.69, 9.17) is 0 Å². The zero-order chi connectivity index (χ0) is 28.4. The number of likely N-dealkylation sites (tertiary alicyclic amines) is 2. The third-order valence-corrected chi connectivity index (χ3v) is 8.41. The number of carboxylic acid groups (broad SMARTS) is 2. The molecule has 2 aliphatic heterocycles. The van der Waals surface area contributed by atoms with Gasteiger partial charge in [0, 0.05) is 29.1 Å². The molecule has 2 saturated heterocycles. The largest absolute Gasteiger partial charge is 0.545 e. The van der Waals surface area contributed by atoms with E-state index in [0.717, 1.165) is 6.26 Å². The lowest BCUT2D eigenvalue weighted by Crippen LogP contribution is -2.60. The fraction of sp³-hybridized carbons (Fsp3) is 0.750. The van der Waals surface area contributed by atoms with Gasteiger partial charge in [-0.05, 0) is 118 Å². The summed E-state index contributed by atoms with van der Waals surface area (Å²) in [5, 5.41) is 24.8. The number of piperidine rings is 2. The monoisotopic (exact) mass is 506 g/mol. The Kier molecular flexibility index (Phi) is 9.77. The molecule has 2 aliphatic rings. The molecule has 2 fully saturated rings. The minimum absolute atomic E-state index is 0.0506. The van der Waals surface area contributed by atoms with Gasteiger partial charge in [0.2, 0.25) is 0 Å². The highest BCUT2D eigenvalue weighted by atomic mass is 16.5. The first-order valence-corrected chi connectivity index (χ1v) is 12.5. The average Bonchev–Trinajstić information content (AvgIpc) is 2.67.